The molecule has 3 atom stereocenters. The zero-order chi connectivity index (χ0) is 25.9. The monoisotopic (exact) mass is 505 g/mol. The van der Waals surface area contributed by atoms with Crippen LogP contribution in [0.5, 0.6) is 6.01 Å². The van der Waals surface area contributed by atoms with Crippen LogP contribution in [0.4, 0.5) is 0 Å². The summed E-state index contributed by atoms with van der Waals surface area (Å²) in [6.07, 6.45) is 5.25. The van der Waals surface area contributed by atoms with Gasteiger partial charge in [0.1, 0.15) is 0 Å². The molecule has 198 valence electrons. The maximum Gasteiger partial charge on any atom is 0.316 e. The molecule has 2 aromatic rings. The van der Waals surface area contributed by atoms with E-state index in [1.807, 2.05) is 36.9 Å². The van der Waals surface area contributed by atoms with Gasteiger partial charge < -0.3 is 19.9 Å². The van der Waals surface area contributed by atoms with E-state index in [1.54, 1.807) is 0 Å². The summed E-state index contributed by atoms with van der Waals surface area (Å²) in [6.45, 7) is 8.15. The van der Waals surface area contributed by atoms with Crippen LogP contribution in [-0.2, 0) is 4.79 Å². The molecule has 5 rings (SSSR count). The van der Waals surface area contributed by atoms with Gasteiger partial charge in [-0.2, -0.15) is 9.97 Å². The molecule has 2 amide bonds. The first kappa shape index (κ1) is 25.6. The Hall–Kier alpha value is -3.00. The van der Waals surface area contributed by atoms with Crippen molar-refractivity contribution >= 4 is 11.8 Å². The fourth-order valence-electron chi connectivity index (χ4n) is 6.48. The predicted octanol–water partition coefficient (Wildman–Crippen LogP) is 3.54. The van der Waals surface area contributed by atoms with E-state index in [4.69, 9.17) is 4.74 Å². The number of likely N-dealkylation sites (tertiary alicyclic amines) is 2. The van der Waals surface area contributed by atoms with Crippen LogP contribution >= 0.6 is 0 Å². The van der Waals surface area contributed by atoms with Crippen LogP contribution in [0.1, 0.15) is 65.5 Å². The van der Waals surface area contributed by atoms with Crippen LogP contribution in [-0.4, -0.2) is 71.4 Å². The van der Waals surface area contributed by atoms with Gasteiger partial charge in [0, 0.05) is 38.6 Å². The molecule has 1 aromatic carbocycles. The van der Waals surface area contributed by atoms with E-state index in [1.165, 1.54) is 12.7 Å². The lowest BCUT2D eigenvalue weighted by Gasteiger charge is -2.26. The Morgan fingerprint density at radius 2 is 1.62 bits per heavy atom. The molecule has 1 aliphatic carbocycles. The van der Waals surface area contributed by atoms with Crippen molar-refractivity contribution in [2.75, 3.05) is 39.8 Å². The van der Waals surface area contributed by atoms with E-state index in [2.05, 4.69) is 32.3 Å². The van der Waals surface area contributed by atoms with E-state index in [0.717, 1.165) is 64.8 Å². The lowest BCUT2D eigenvalue weighted by atomic mass is 10.0. The normalized spacial score (nSPS) is 22.7. The van der Waals surface area contributed by atoms with Gasteiger partial charge in [-0.15, -0.1) is 0 Å². The number of nitrogens with one attached hydrogen (secondary N) is 1. The second-order valence-electron chi connectivity index (χ2n) is 11.0. The summed E-state index contributed by atoms with van der Waals surface area (Å²) in [5.41, 5.74) is 3.11. The first-order valence-corrected chi connectivity index (χ1v) is 13.7. The molecule has 0 radical (unpaired) electrons. The lowest BCUT2D eigenvalue weighted by Crippen LogP contribution is -2.37. The number of nitrogens with zero attached hydrogens (tertiary/aromatic N) is 4. The fraction of sp³-hybridized carbons (Fsp3) is 0.586. The van der Waals surface area contributed by atoms with Gasteiger partial charge in [0.2, 0.25) is 5.91 Å². The van der Waals surface area contributed by atoms with Crippen LogP contribution in [0, 0.1) is 31.6 Å². The maximum absolute atomic E-state index is 13.3. The van der Waals surface area contributed by atoms with Gasteiger partial charge in [-0.05, 0) is 50.5 Å². The molecule has 1 N–H and O–H groups in total. The zero-order valence-corrected chi connectivity index (χ0v) is 22.3. The summed E-state index contributed by atoms with van der Waals surface area (Å²) in [5, 5.41) is 3.37. The molecule has 8 nitrogen and oxygen atoms in total. The Labute approximate surface area is 219 Å². The van der Waals surface area contributed by atoms with Gasteiger partial charge in [0.15, 0.2) is 0 Å². The molecular weight excluding hydrogens is 466 g/mol. The van der Waals surface area contributed by atoms with Crippen molar-refractivity contribution in [3.05, 3.63) is 52.8 Å². The standard InChI is InChI=1S/C29H39N5O3/c1-19-26(20(2)31-29(30-19)37-3)28(36)34-17-23-15-33(16-24(23)18-34)14-13-25(21-9-5-4-6-10-21)32-27(35)22-11-7-8-12-22/h4-6,9-10,22-25H,7-8,11-18H2,1-3H3,(H,32,35)/t23?,24?,25-/m0/s1. The molecule has 37 heavy (non-hydrogen) atoms. The number of methoxy groups -OCH3 is 1. The Morgan fingerprint density at radius 3 is 2.22 bits per heavy atom. The third-order valence-corrected chi connectivity index (χ3v) is 8.47. The third kappa shape index (κ3) is 5.64. The number of aryl methyl sites for hydroxylation is 2. The van der Waals surface area contributed by atoms with Gasteiger partial charge in [0.25, 0.3) is 5.91 Å². The molecule has 1 aromatic heterocycles. The van der Waals surface area contributed by atoms with Crippen molar-refractivity contribution in [2.45, 2.75) is 52.0 Å². The van der Waals surface area contributed by atoms with Crippen molar-refractivity contribution in [2.24, 2.45) is 17.8 Å². The number of carbonyl (C=O) groups is 2. The second-order valence-corrected chi connectivity index (χ2v) is 11.0. The highest BCUT2D eigenvalue weighted by atomic mass is 16.5. The number of benzene rings is 1. The van der Waals surface area contributed by atoms with Crippen molar-refractivity contribution in [1.82, 2.24) is 25.1 Å². The quantitative estimate of drug-likeness (QED) is 0.591. The fourth-order valence-corrected chi connectivity index (χ4v) is 6.48. The average Bonchev–Trinajstić information content (AvgIpc) is 3.63. The number of ether oxygens (including phenoxy) is 1. The van der Waals surface area contributed by atoms with E-state index in [0.29, 0.717) is 34.8 Å². The number of carbonyl (C=O) groups excluding carboxylic acids is 2. The molecule has 2 saturated heterocycles. The molecule has 2 aliphatic heterocycles. The lowest BCUT2D eigenvalue weighted by molar-refractivity contribution is -0.125. The highest BCUT2D eigenvalue weighted by Crippen LogP contribution is 2.33. The Morgan fingerprint density at radius 1 is 1.00 bits per heavy atom. The Bertz CT molecular complexity index is 1080. The van der Waals surface area contributed by atoms with Crippen LogP contribution in [0.3, 0.4) is 0 Å². The second kappa shape index (κ2) is 11.2. The van der Waals surface area contributed by atoms with Gasteiger partial charge in [-0.25, -0.2) is 0 Å². The number of amides is 2. The number of fused-ring (bicyclic) bond motifs is 1. The smallest absolute Gasteiger partial charge is 0.316 e. The summed E-state index contributed by atoms with van der Waals surface area (Å²) in [4.78, 5) is 39.4. The predicted molar refractivity (Wildman–Crippen MR) is 141 cm³/mol. The Kier molecular flexibility index (Phi) is 7.74. The molecule has 8 heteroatoms. The maximum atomic E-state index is 13.3. The SMILES string of the molecule is COc1nc(C)c(C(=O)N2CC3CN(CC[C@H](NC(=O)C4CCCC4)c4ccccc4)CC3C2)c(C)n1. The van der Waals surface area contributed by atoms with E-state index in [9.17, 15) is 9.59 Å². The summed E-state index contributed by atoms with van der Waals surface area (Å²) < 4.78 is 5.15. The molecular formula is C29H39N5O3. The van der Waals surface area contributed by atoms with Gasteiger partial charge in [-0.1, -0.05) is 43.2 Å². The van der Waals surface area contributed by atoms with Gasteiger partial charge in [-0.3, -0.25) is 9.59 Å². The molecule has 0 spiro atoms. The summed E-state index contributed by atoms with van der Waals surface area (Å²) in [7, 11) is 1.54. The van der Waals surface area contributed by atoms with Crippen LogP contribution in [0.2, 0.25) is 0 Å². The largest absolute Gasteiger partial charge is 0.467 e. The number of aromatic nitrogens is 2. The van der Waals surface area contributed by atoms with Crippen LogP contribution in [0.25, 0.3) is 0 Å². The van der Waals surface area contributed by atoms with Crippen LogP contribution in [0.15, 0.2) is 30.3 Å². The molecule has 3 fully saturated rings. The summed E-state index contributed by atoms with van der Waals surface area (Å²) in [5.74, 6) is 1.37. The van der Waals surface area contributed by atoms with Crippen molar-refractivity contribution in [1.29, 1.82) is 0 Å². The minimum Gasteiger partial charge on any atom is -0.467 e. The third-order valence-electron chi connectivity index (χ3n) is 8.47. The molecule has 3 aliphatic rings. The number of rotatable bonds is 8. The highest BCUT2D eigenvalue weighted by Gasteiger charge is 2.42. The number of hydrogen-bond acceptors (Lipinski definition) is 6. The zero-order valence-electron chi connectivity index (χ0n) is 22.3. The van der Waals surface area contributed by atoms with E-state index >= 15 is 0 Å². The minimum absolute atomic E-state index is 0.0253. The highest BCUT2D eigenvalue weighted by molar-refractivity contribution is 5.96. The first-order chi connectivity index (χ1) is 17.9. The minimum atomic E-state index is 0.0253. The van der Waals surface area contributed by atoms with Crippen molar-refractivity contribution < 1.29 is 14.3 Å². The van der Waals surface area contributed by atoms with E-state index in [-0.39, 0.29) is 23.8 Å². The molecule has 0 bridgehead atoms. The van der Waals surface area contributed by atoms with Crippen molar-refractivity contribution in [3.8, 4) is 6.01 Å². The topological polar surface area (TPSA) is 87.7 Å². The van der Waals surface area contributed by atoms with E-state index < -0.39 is 0 Å². The first-order valence-electron chi connectivity index (χ1n) is 13.7. The Balaban J connectivity index is 1.17. The van der Waals surface area contributed by atoms with Crippen molar-refractivity contribution in [3.63, 3.8) is 0 Å². The molecule has 2 unspecified atom stereocenters. The molecule has 1 saturated carbocycles. The van der Waals surface area contributed by atoms with Gasteiger partial charge >= 0.3 is 6.01 Å². The summed E-state index contributed by atoms with van der Waals surface area (Å²) in [6, 6.07) is 10.7. The average molecular weight is 506 g/mol. The van der Waals surface area contributed by atoms with Gasteiger partial charge in [0.05, 0.1) is 30.1 Å². The number of hydrogen-bond donors (Lipinski definition) is 1. The van der Waals surface area contributed by atoms with Crippen LogP contribution < -0.4 is 10.1 Å². The summed E-state index contributed by atoms with van der Waals surface area (Å²) >= 11 is 0. The molecule has 3 heterocycles.